The molecular weight excluding hydrogens is 366 g/mol. The molecule has 0 saturated heterocycles. The molecule has 0 aliphatic rings. The van der Waals surface area contributed by atoms with Gasteiger partial charge in [-0.1, -0.05) is 12.1 Å². The number of fused-ring (bicyclic) bond motifs is 1. The number of aromatic nitrogens is 3. The lowest BCUT2D eigenvalue weighted by atomic mass is 10.1. The molecule has 22 heavy (non-hydrogen) atoms. The molecule has 114 valence electrons. The van der Waals surface area contributed by atoms with Gasteiger partial charge in [0.2, 0.25) is 0 Å². The summed E-state index contributed by atoms with van der Waals surface area (Å²) in [6.07, 6.45) is 4.69. The number of nitrogens with zero attached hydrogens (tertiary/aromatic N) is 3. The van der Waals surface area contributed by atoms with E-state index in [1.807, 2.05) is 26.2 Å². The molecule has 0 amide bonds. The third-order valence-corrected chi connectivity index (χ3v) is 5.61. The van der Waals surface area contributed by atoms with Gasteiger partial charge in [-0.2, -0.15) is 5.10 Å². The fraction of sp³-hybridized carbons (Fsp3) is 0.200. The number of pyridine rings is 1. The Kier molecular flexibility index (Phi) is 3.57. The van der Waals surface area contributed by atoms with Crippen LogP contribution in [-0.4, -0.2) is 29.4 Å². The summed E-state index contributed by atoms with van der Waals surface area (Å²) >= 11 is 3.52. The van der Waals surface area contributed by atoms with Gasteiger partial charge in [-0.15, -0.1) is 0 Å². The van der Waals surface area contributed by atoms with E-state index in [0.717, 1.165) is 15.6 Å². The second-order valence-electron chi connectivity index (χ2n) is 5.27. The zero-order valence-electron chi connectivity index (χ0n) is 12.3. The minimum atomic E-state index is -3.37. The number of hydrogen-bond donors (Lipinski definition) is 0. The molecule has 7 heteroatoms. The van der Waals surface area contributed by atoms with E-state index >= 15 is 0 Å². The maximum Gasteiger partial charge on any atom is 0.176 e. The van der Waals surface area contributed by atoms with E-state index in [-0.39, 0.29) is 4.90 Å². The quantitative estimate of drug-likeness (QED) is 0.685. The Balaban J connectivity index is 2.44. The number of aryl methyl sites for hydroxylation is 2. The lowest BCUT2D eigenvalue weighted by molar-refractivity contribution is 0.602. The Labute approximate surface area is 137 Å². The van der Waals surface area contributed by atoms with E-state index < -0.39 is 9.84 Å². The molecule has 0 N–H and O–H groups in total. The molecule has 0 unspecified atom stereocenters. The standard InChI is InChI=1S/C15H14BrN3O2S/c1-9-4-5-11-13(22(3,20)21)6-12(18-15(11)14(9)16)10-7-17-19(2)8-10/h4-8H,1-3H3. The van der Waals surface area contributed by atoms with Crippen LogP contribution in [0.15, 0.2) is 40.0 Å². The van der Waals surface area contributed by atoms with Crippen LogP contribution in [-0.2, 0) is 16.9 Å². The molecule has 0 radical (unpaired) electrons. The van der Waals surface area contributed by atoms with E-state index in [9.17, 15) is 8.42 Å². The van der Waals surface area contributed by atoms with Crippen LogP contribution in [0.4, 0.5) is 0 Å². The molecule has 0 aliphatic carbocycles. The van der Waals surface area contributed by atoms with Gasteiger partial charge in [-0.25, -0.2) is 13.4 Å². The molecule has 3 aromatic rings. The number of rotatable bonds is 2. The minimum Gasteiger partial charge on any atom is -0.275 e. The molecule has 0 saturated carbocycles. The van der Waals surface area contributed by atoms with Gasteiger partial charge in [-0.05, 0) is 34.5 Å². The van der Waals surface area contributed by atoms with E-state index in [0.29, 0.717) is 16.6 Å². The van der Waals surface area contributed by atoms with E-state index in [1.165, 1.54) is 6.26 Å². The Bertz CT molecular complexity index is 993. The van der Waals surface area contributed by atoms with Gasteiger partial charge < -0.3 is 0 Å². The lowest BCUT2D eigenvalue weighted by Crippen LogP contribution is -2.01. The van der Waals surface area contributed by atoms with Gasteiger partial charge in [0.1, 0.15) is 0 Å². The molecule has 5 nitrogen and oxygen atoms in total. The average Bonchev–Trinajstić information content (AvgIpc) is 2.87. The molecule has 1 aromatic carbocycles. The summed E-state index contributed by atoms with van der Waals surface area (Å²) in [6, 6.07) is 5.29. The monoisotopic (exact) mass is 379 g/mol. The maximum absolute atomic E-state index is 12.2. The van der Waals surface area contributed by atoms with Crippen LogP contribution in [0.3, 0.4) is 0 Å². The zero-order chi connectivity index (χ0) is 16.1. The van der Waals surface area contributed by atoms with Crippen molar-refractivity contribution in [2.45, 2.75) is 11.8 Å². The summed E-state index contributed by atoms with van der Waals surface area (Å²) in [7, 11) is -1.56. The first kappa shape index (κ1) is 15.2. The number of benzene rings is 1. The Hall–Kier alpha value is -1.73. The Morgan fingerprint density at radius 1 is 1.27 bits per heavy atom. The van der Waals surface area contributed by atoms with E-state index in [4.69, 9.17) is 0 Å². The summed E-state index contributed by atoms with van der Waals surface area (Å²) in [5.74, 6) is 0. The largest absolute Gasteiger partial charge is 0.275 e. The predicted molar refractivity (Wildman–Crippen MR) is 89.5 cm³/mol. The Morgan fingerprint density at radius 3 is 2.59 bits per heavy atom. The SMILES string of the molecule is Cc1ccc2c(S(C)(=O)=O)cc(-c3cnn(C)c3)nc2c1Br. The van der Waals surface area contributed by atoms with Crippen LogP contribution in [0.1, 0.15) is 5.56 Å². The molecule has 0 fully saturated rings. The lowest BCUT2D eigenvalue weighted by Gasteiger charge is -2.10. The van der Waals surface area contributed by atoms with Crippen molar-refractivity contribution in [1.29, 1.82) is 0 Å². The summed E-state index contributed by atoms with van der Waals surface area (Å²) in [6.45, 7) is 1.95. The molecule has 0 atom stereocenters. The first-order valence-corrected chi connectivity index (χ1v) is 9.25. The highest BCUT2D eigenvalue weighted by Gasteiger charge is 2.18. The smallest absolute Gasteiger partial charge is 0.176 e. The highest BCUT2D eigenvalue weighted by molar-refractivity contribution is 9.10. The van der Waals surface area contributed by atoms with Crippen molar-refractivity contribution in [3.63, 3.8) is 0 Å². The second-order valence-corrected chi connectivity index (χ2v) is 8.05. The van der Waals surface area contributed by atoms with Gasteiger partial charge in [0, 0.05) is 34.9 Å². The van der Waals surface area contributed by atoms with Gasteiger partial charge in [0.25, 0.3) is 0 Å². The van der Waals surface area contributed by atoms with Crippen molar-refractivity contribution < 1.29 is 8.42 Å². The molecule has 2 aromatic heterocycles. The van der Waals surface area contributed by atoms with Gasteiger partial charge in [-0.3, -0.25) is 4.68 Å². The summed E-state index contributed by atoms with van der Waals surface area (Å²) in [5, 5.41) is 4.74. The van der Waals surface area contributed by atoms with Crippen LogP contribution >= 0.6 is 15.9 Å². The summed E-state index contributed by atoms with van der Waals surface area (Å²) in [5.41, 5.74) is 3.01. The zero-order valence-corrected chi connectivity index (χ0v) is 14.7. The van der Waals surface area contributed by atoms with Crippen LogP contribution in [0.25, 0.3) is 22.2 Å². The first-order valence-electron chi connectivity index (χ1n) is 6.56. The molecule has 3 rings (SSSR count). The topological polar surface area (TPSA) is 64.8 Å². The van der Waals surface area contributed by atoms with Crippen LogP contribution in [0, 0.1) is 6.92 Å². The molecular formula is C15H14BrN3O2S. The number of halogens is 1. The molecule has 0 bridgehead atoms. The fourth-order valence-electron chi connectivity index (χ4n) is 2.34. The van der Waals surface area contributed by atoms with E-state index in [2.05, 4.69) is 26.0 Å². The third kappa shape index (κ3) is 2.55. The molecule has 0 aliphatic heterocycles. The van der Waals surface area contributed by atoms with Crippen molar-refractivity contribution in [3.05, 3.63) is 40.6 Å². The van der Waals surface area contributed by atoms with Crippen LogP contribution in [0.5, 0.6) is 0 Å². The van der Waals surface area contributed by atoms with Crippen molar-refractivity contribution in [2.24, 2.45) is 7.05 Å². The third-order valence-electron chi connectivity index (χ3n) is 3.47. The van der Waals surface area contributed by atoms with Gasteiger partial charge in [0.05, 0.1) is 22.3 Å². The van der Waals surface area contributed by atoms with Crippen molar-refractivity contribution >= 4 is 36.7 Å². The highest BCUT2D eigenvalue weighted by atomic mass is 79.9. The minimum absolute atomic E-state index is 0.275. The summed E-state index contributed by atoms with van der Waals surface area (Å²) in [4.78, 5) is 4.90. The van der Waals surface area contributed by atoms with Crippen LogP contribution in [0.2, 0.25) is 0 Å². The molecule has 0 spiro atoms. The molecule has 2 heterocycles. The highest BCUT2D eigenvalue weighted by Crippen LogP contribution is 2.33. The maximum atomic E-state index is 12.2. The fourth-order valence-corrected chi connectivity index (χ4v) is 3.66. The predicted octanol–water partition coefficient (Wildman–Crippen LogP) is 3.11. The normalized spacial score (nSPS) is 12.0. The van der Waals surface area contributed by atoms with Crippen LogP contribution < -0.4 is 0 Å². The van der Waals surface area contributed by atoms with E-state index in [1.54, 1.807) is 23.0 Å². The van der Waals surface area contributed by atoms with Crippen molar-refractivity contribution in [1.82, 2.24) is 14.8 Å². The van der Waals surface area contributed by atoms with Gasteiger partial charge >= 0.3 is 0 Å². The van der Waals surface area contributed by atoms with Crippen molar-refractivity contribution in [3.8, 4) is 11.3 Å². The number of sulfone groups is 1. The first-order chi connectivity index (χ1) is 10.3. The Morgan fingerprint density at radius 2 is 2.00 bits per heavy atom. The second kappa shape index (κ2) is 5.17. The van der Waals surface area contributed by atoms with Gasteiger partial charge in [0.15, 0.2) is 9.84 Å². The summed E-state index contributed by atoms with van der Waals surface area (Å²) < 4.78 is 26.8. The number of hydrogen-bond acceptors (Lipinski definition) is 4. The average molecular weight is 380 g/mol. The van der Waals surface area contributed by atoms with Crippen molar-refractivity contribution in [2.75, 3.05) is 6.26 Å².